The number of ether oxygens (including phenoxy) is 2. The monoisotopic (exact) mass is 514 g/mol. The third-order valence-corrected chi connectivity index (χ3v) is 9.47. The maximum Gasteiger partial charge on any atom is 0.509 e. The van der Waals surface area contributed by atoms with Gasteiger partial charge in [-0.25, -0.2) is 4.79 Å². The Morgan fingerprint density at radius 1 is 0.946 bits per heavy atom. The molecule has 2 saturated heterocycles. The number of hydrogen-bond acceptors (Lipinski definition) is 5. The fourth-order valence-electron chi connectivity index (χ4n) is 6.33. The van der Waals surface area contributed by atoms with Gasteiger partial charge < -0.3 is 9.47 Å². The fraction of sp³-hybridized carbons (Fsp3) is 0.781. The Hall–Kier alpha value is -1.59. The van der Waals surface area contributed by atoms with Gasteiger partial charge in [0, 0.05) is 37.0 Å². The summed E-state index contributed by atoms with van der Waals surface area (Å²) < 4.78 is 11.9. The van der Waals surface area contributed by atoms with Crippen molar-refractivity contribution in [3.05, 3.63) is 35.9 Å². The van der Waals surface area contributed by atoms with Crippen molar-refractivity contribution in [2.45, 2.75) is 117 Å². The summed E-state index contributed by atoms with van der Waals surface area (Å²) in [4.78, 5) is 18.2. The lowest BCUT2D eigenvalue weighted by Crippen LogP contribution is -2.55. The molecule has 37 heavy (non-hydrogen) atoms. The molecular weight excluding hydrogens is 460 g/mol. The van der Waals surface area contributed by atoms with E-state index in [4.69, 9.17) is 9.47 Å². The highest BCUT2D eigenvalue weighted by molar-refractivity contribution is 5.60. The van der Waals surface area contributed by atoms with Crippen molar-refractivity contribution in [2.24, 2.45) is 17.8 Å². The second-order valence-electron chi connectivity index (χ2n) is 13.7. The number of hydrogen-bond donors (Lipinski definition) is 0. The molecule has 1 aromatic carbocycles. The highest BCUT2D eigenvalue weighted by Crippen LogP contribution is 2.40. The van der Waals surface area contributed by atoms with Crippen molar-refractivity contribution in [3.8, 4) is 0 Å². The number of piperidine rings is 2. The van der Waals surface area contributed by atoms with Gasteiger partial charge >= 0.3 is 6.16 Å². The van der Waals surface area contributed by atoms with E-state index in [0.717, 1.165) is 56.2 Å². The van der Waals surface area contributed by atoms with E-state index < -0.39 is 11.8 Å². The van der Waals surface area contributed by atoms with Gasteiger partial charge in [0.2, 0.25) is 0 Å². The summed E-state index contributed by atoms with van der Waals surface area (Å²) in [5, 5.41) is 0. The van der Waals surface area contributed by atoms with Crippen LogP contribution in [0, 0.1) is 17.8 Å². The summed E-state index contributed by atoms with van der Waals surface area (Å²) in [7, 11) is 0. The van der Waals surface area contributed by atoms with Gasteiger partial charge in [0.15, 0.2) is 0 Å². The van der Waals surface area contributed by atoms with Crippen molar-refractivity contribution in [1.82, 2.24) is 9.80 Å². The van der Waals surface area contributed by atoms with Gasteiger partial charge in [-0.3, -0.25) is 9.80 Å². The van der Waals surface area contributed by atoms with E-state index in [-0.39, 0.29) is 23.6 Å². The molecule has 210 valence electrons. The second-order valence-corrected chi connectivity index (χ2v) is 13.7. The molecule has 1 atom stereocenters. The molecule has 0 saturated carbocycles. The molecule has 0 aliphatic carbocycles. The Kier molecular flexibility index (Phi) is 10.1. The zero-order chi connectivity index (χ0) is 27.3. The number of likely N-dealkylation sites (tertiary alicyclic amines) is 2. The smallest absolute Gasteiger partial charge is 0.429 e. The molecule has 3 rings (SSSR count). The first-order valence-electron chi connectivity index (χ1n) is 14.7. The minimum atomic E-state index is -0.532. The van der Waals surface area contributed by atoms with Gasteiger partial charge in [-0.15, -0.1) is 0 Å². The first-order chi connectivity index (χ1) is 17.3. The third kappa shape index (κ3) is 8.20. The lowest BCUT2D eigenvalue weighted by atomic mass is 9.75. The normalized spacial score (nSPS) is 21.1. The molecule has 0 amide bonds. The number of carbonyl (C=O) groups excluding carboxylic acids is 1. The van der Waals surface area contributed by atoms with E-state index in [1.807, 2.05) is 30.3 Å². The summed E-state index contributed by atoms with van der Waals surface area (Å²) in [6.45, 7) is 23.1. The summed E-state index contributed by atoms with van der Waals surface area (Å²) in [6.07, 6.45) is 5.93. The Balaban J connectivity index is 1.63. The van der Waals surface area contributed by atoms with Crippen LogP contribution in [0.15, 0.2) is 30.3 Å². The fourth-order valence-corrected chi connectivity index (χ4v) is 6.33. The lowest BCUT2D eigenvalue weighted by Gasteiger charge is -2.49. The zero-order valence-corrected chi connectivity index (χ0v) is 25.0. The van der Waals surface area contributed by atoms with Crippen LogP contribution in [0.1, 0.15) is 99.5 Å². The average molecular weight is 515 g/mol. The molecule has 0 spiro atoms. The van der Waals surface area contributed by atoms with Crippen LogP contribution in [0.4, 0.5) is 4.79 Å². The number of benzene rings is 1. The predicted molar refractivity (Wildman–Crippen MR) is 153 cm³/mol. The summed E-state index contributed by atoms with van der Waals surface area (Å²) in [5.74, 6) is 1.91. The largest absolute Gasteiger partial charge is 0.509 e. The minimum absolute atomic E-state index is 0.118. The Morgan fingerprint density at radius 2 is 1.54 bits per heavy atom. The highest BCUT2D eigenvalue weighted by atomic mass is 16.7. The van der Waals surface area contributed by atoms with Crippen molar-refractivity contribution in [1.29, 1.82) is 0 Å². The Morgan fingerprint density at radius 3 is 2.08 bits per heavy atom. The van der Waals surface area contributed by atoms with E-state index in [2.05, 4.69) is 65.2 Å². The molecule has 2 heterocycles. The lowest BCUT2D eigenvalue weighted by molar-refractivity contribution is -0.110. The molecule has 0 N–H and O–H groups in total. The van der Waals surface area contributed by atoms with Gasteiger partial charge in [0.05, 0.1) is 0 Å². The molecule has 5 nitrogen and oxygen atoms in total. The van der Waals surface area contributed by atoms with Crippen LogP contribution in [-0.2, 0) is 16.1 Å². The van der Waals surface area contributed by atoms with Gasteiger partial charge in [0.1, 0.15) is 12.2 Å². The average Bonchev–Trinajstić information content (AvgIpc) is 2.86. The standard InChI is InChI=1S/C32H54N2O3/c1-25(2)28-15-20-34(21-16-28)31(7,8)17-14-26(3)32(18-22-33(23-19-32)30(4,5)6)37-29(35)36-24-27-12-10-9-11-13-27/h9-13,25-26,28H,14-24H2,1-8H3. The molecule has 5 heteroatoms. The molecule has 2 aliphatic rings. The maximum atomic E-state index is 12.9. The molecule has 0 aromatic heterocycles. The van der Waals surface area contributed by atoms with Crippen LogP contribution in [0.25, 0.3) is 0 Å². The van der Waals surface area contributed by atoms with Crippen molar-refractivity contribution in [2.75, 3.05) is 26.2 Å². The number of rotatable bonds is 9. The molecule has 0 radical (unpaired) electrons. The highest BCUT2D eigenvalue weighted by Gasteiger charge is 2.45. The Labute approximate surface area is 227 Å². The quantitative estimate of drug-likeness (QED) is 0.319. The molecule has 2 fully saturated rings. The van der Waals surface area contributed by atoms with Crippen LogP contribution in [-0.4, -0.2) is 58.8 Å². The second kappa shape index (κ2) is 12.5. The molecule has 2 aliphatic heterocycles. The molecule has 0 bridgehead atoms. The van der Waals surface area contributed by atoms with Crippen LogP contribution >= 0.6 is 0 Å². The minimum Gasteiger partial charge on any atom is -0.429 e. The zero-order valence-electron chi connectivity index (χ0n) is 25.0. The number of nitrogens with zero attached hydrogens (tertiary/aromatic N) is 2. The maximum absolute atomic E-state index is 12.9. The van der Waals surface area contributed by atoms with Gasteiger partial charge in [0.25, 0.3) is 0 Å². The van der Waals surface area contributed by atoms with Crippen molar-refractivity contribution < 1.29 is 14.3 Å². The van der Waals surface area contributed by atoms with Crippen LogP contribution < -0.4 is 0 Å². The van der Waals surface area contributed by atoms with Gasteiger partial charge in [-0.1, -0.05) is 51.1 Å². The van der Waals surface area contributed by atoms with E-state index >= 15 is 0 Å². The van der Waals surface area contributed by atoms with Gasteiger partial charge in [-0.05, 0) is 96.7 Å². The molecule has 1 unspecified atom stereocenters. The van der Waals surface area contributed by atoms with E-state index in [1.54, 1.807) is 0 Å². The van der Waals surface area contributed by atoms with E-state index in [1.165, 1.54) is 25.9 Å². The van der Waals surface area contributed by atoms with Crippen LogP contribution in [0.5, 0.6) is 0 Å². The van der Waals surface area contributed by atoms with Crippen molar-refractivity contribution in [3.63, 3.8) is 0 Å². The Bertz CT molecular complexity index is 829. The van der Waals surface area contributed by atoms with Crippen LogP contribution in [0.2, 0.25) is 0 Å². The molecular formula is C32H54N2O3. The topological polar surface area (TPSA) is 42.0 Å². The van der Waals surface area contributed by atoms with E-state index in [9.17, 15) is 4.79 Å². The SMILES string of the molecule is CC(C)C1CCN(C(C)(C)CCC(C)C2(OC(=O)OCc3ccccc3)CCN(C(C)(C)C)CC2)CC1. The number of carbonyl (C=O) groups is 1. The summed E-state index contributed by atoms with van der Waals surface area (Å²) in [5.41, 5.74) is 0.771. The predicted octanol–water partition coefficient (Wildman–Crippen LogP) is 7.54. The van der Waals surface area contributed by atoms with Crippen LogP contribution in [0.3, 0.4) is 0 Å². The summed E-state index contributed by atoms with van der Waals surface area (Å²) in [6, 6.07) is 9.83. The third-order valence-electron chi connectivity index (χ3n) is 9.47. The van der Waals surface area contributed by atoms with E-state index in [0.29, 0.717) is 0 Å². The first kappa shape index (κ1) is 30.0. The van der Waals surface area contributed by atoms with Crippen molar-refractivity contribution >= 4 is 6.16 Å². The first-order valence-corrected chi connectivity index (χ1v) is 14.7. The van der Waals surface area contributed by atoms with Gasteiger partial charge in [-0.2, -0.15) is 0 Å². The molecule has 1 aromatic rings. The summed E-state index contributed by atoms with van der Waals surface area (Å²) >= 11 is 0.